The minimum atomic E-state index is -1.05. The topological polar surface area (TPSA) is 104 Å². The number of carboxylic acid groups (broad SMARTS) is 1. The number of carbonyl (C=O) groups excluding carboxylic acids is 2. The van der Waals surface area contributed by atoms with E-state index in [1.807, 2.05) is 51.1 Å². The van der Waals surface area contributed by atoms with E-state index in [0.717, 1.165) is 11.1 Å². The van der Waals surface area contributed by atoms with Crippen LogP contribution in [0.25, 0.3) is 5.76 Å². The summed E-state index contributed by atoms with van der Waals surface area (Å²) >= 11 is 0. The molecule has 41 heavy (non-hydrogen) atoms. The number of benzene rings is 3. The highest BCUT2D eigenvalue weighted by atomic mass is 16.5. The zero-order valence-electron chi connectivity index (χ0n) is 24.6. The van der Waals surface area contributed by atoms with Crippen molar-refractivity contribution < 1.29 is 29.3 Å². The number of amides is 1. The number of ether oxygens (including phenoxy) is 1. The Balaban J connectivity index is 1.91. The van der Waals surface area contributed by atoms with Crippen molar-refractivity contribution in [3.8, 4) is 5.75 Å². The molecule has 0 radical (unpaired) electrons. The van der Waals surface area contributed by atoms with Crippen molar-refractivity contribution in [2.45, 2.75) is 65.0 Å². The summed E-state index contributed by atoms with van der Waals surface area (Å²) in [7, 11) is 1.49. The molecule has 7 nitrogen and oxygen atoms in total. The minimum Gasteiger partial charge on any atom is -0.507 e. The maximum Gasteiger partial charge on any atom is 0.335 e. The number of carboxylic acids is 1. The first-order valence-electron chi connectivity index (χ1n) is 13.5. The molecule has 1 heterocycles. The number of likely N-dealkylation sites (tertiary alicyclic amines) is 1. The molecule has 1 atom stereocenters. The van der Waals surface area contributed by atoms with Crippen LogP contribution >= 0.6 is 0 Å². The van der Waals surface area contributed by atoms with E-state index < -0.39 is 23.7 Å². The summed E-state index contributed by atoms with van der Waals surface area (Å²) in [6.07, 6.45) is 0. The highest BCUT2D eigenvalue weighted by Gasteiger charge is 2.46. The molecule has 2 N–H and O–H groups in total. The molecule has 3 aromatic carbocycles. The van der Waals surface area contributed by atoms with Crippen molar-refractivity contribution in [1.82, 2.24) is 4.90 Å². The van der Waals surface area contributed by atoms with Gasteiger partial charge in [0.2, 0.25) is 0 Å². The van der Waals surface area contributed by atoms with E-state index in [4.69, 9.17) is 4.74 Å². The van der Waals surface area contributed by atoms with Gasteiger partial charge < -0.3 is 19.8 Å². The molecule has 1 saturated heterocycles. The number of rotatable bonds is 6. The van der Waals surface area contributed by atoms with Gasteiger partial charge in [0.25, 0.3) is 11.7 Å². The normalized spacial score (nSPS) is 17.1. The monoisotopic (exact) mass is 555 g/mol. The molecule has 1 amide bonds. The van der Waals surface area contributed by atoms with Gasteiger partial charge in [0.15, 0.2) is 0 Å². The Bertz CT molecular complexity index is 1520. The van der Waals surface area contributed by atoms with Crippen molar-refractivity contribution in [1.29, 1.82) is 0 Å². The number of hydrogen-bond donors (Lipinski definition) is 2. The largest absolute Gasteiger partial charge is 0.507 e. The van der Waals surface area contributed by atoms with Crippen LogP contribution in [0.3, 0.4) is 0 Å². The smallest absolute Gasteiger partial charge is 0.335 e. The molecule has 1 unspecified atom stereocenters. The van der Waals surface area contributed by atoms with Crippen molar-refractivity contribution in [3.05, 3.63) is 106 Å². The van der Waals surface area contributed by atoms with Crippen LogP contribution in [0.5, 0.6) is 5.75 Å². The Kier molecular flexibility index (Phi) is 7.85. The van der Waals surface area contributed by atoms with E-state index in [9.17, 15) is 24.6 Å². The standard InChI is InChI=1S/C34H37NO6/c1-33(2,3)23-14-12-21(13-15-23)28-27(29(36)25-18-24(34(4,5)6)16-17-26(25)41-7)30(37)31(38)35(28)19-20-8-10-22(11-9-20)32(39)40/h8-18,28,36H,19H2,1-7H3,(H,39,40)/b29-27+. The minimum absolute atomic E-state index is 0.0231. The molecule has 214 valence electrons. The first-order chi connectivity index (χ1) is 19.1. The lowest BCUT2D eigenvalue weighted by atomic mass is 9.84. The zero-order chi connectivity index (χ0) is 30.3. The number of methoxy groups -OCH3 is 1. The van der Waals surface area contributed by atoms with Crippen molar-refractivity contribution in [2.75, 3.05) is 7.11 Å². The number of hydrogen-bond acceptors (Lipinski definition) is 5. The number of aromatic carboxylic acids is 1. The average Bonchev–Trinajstić information content (AvgIpc) is 3.16. The summed E-state index contributed by atoms with van der Waals surface area (Å²) in [5.74, 6) is -2.52. The van der Waals surface area contributed by atoms with Gasteiger partial charge in [-0.2, -0.15) is 0 Å². The summed E-state index contributed by atoms with van der Waals surface area (Å²) in [4.78, 5) is 39.9. The van der Waals surface area contributed by atoms with Gasteiger partial charge >= 0.3 is 5.97 Å². The Morgan fingerprint density at radius 3 is 1.90 bits per heavy atom. The first-order valence-corrected chi connectivity index (χ1v) is 13.5. The summed E-state index contributed by atoms with van der Waals surface area (Å²) in [5, 5.41) is 21.0. The van der Waals surface area contributed by atoms with E-state index in [-0.39, 0.29) is 34.3 Å². The lowest BCUT2D eigenvalue weighted by Crippen LogP contribution is -2.29. The first kappa shape index (κ1) is 29.6. The number of aliphatic hydroxyl groups is 1. The zero-order valence-corrected chi connectivity index (χ0v) is 24.6. The summed E-state index contributed by atoms with van der Waals surface area (Å²) < 4.78 is 5.55. The average molecular weight is 556 g/mol. The van der Waals surface area contributed by atoms with Gasteiger partial charge in [-0.15, -0.1) is 0 Å². The quantitative estimate of drug-likeness (QED) is 0.202. The van der Waals surface area contributed by atoms with Crippen LogP contribution in [0.1, 0.15) is 85.8 Å². The van der Waals surface area contributed by atoms with Gasteiger partial charge in [-0.3, -0.25) is 9.59 Å². The SMILES string of the molecule is COc1ccc(C(C)(C)C)cc1/C(O)=C1\C(=O)C(=O)N(Cc2ccc(C(=O)O)cc2)C1c1ccc(C(C)(C)C)cc1. The van der Waals surface area contributed by atoms with Crippen molar-refractivity contribution >= 4 is 23.4 Å². The Morgan fingerprint density at radius 2 is 1.39 bits per heavy atom. The molecule has 4 rings (SSSR count). The second-order valence-electron chi connectivity index (χ2n) is 12.5. The highest BCUT2D eigenvalue weighted by molar-refractivity contribution is 6.46. The molecule has 0 saturated carbocycles. The van der Waals surface area contributed by atoms with Crippen LogP contribution in [0.2, 0.25) is 0 Å². The second-order valence-corrected chi connectivity index (χ2v) is 12.5. The predicted octanol–water partition coefficient (Wildman–Crippen LogP) is 6.61. The van der Waals surface area contributed by atoms with Crippen LogP contribution in [0, 0.1) is 0 Å². The molecular weight excluding hydrogens is 518 g/mol. The van der Waals surface area contributed by atoms with E-state index in [1.54, 1.807) is 24.3 Å². The molecule has 1 aliphatic rings. The van der Waals surface area contributed by atoms with Crippen LogP contribution < -0.4 is 4.74 Å². The van der Waals surface area contributed by atoms with E-state index >= 15 is 0 Å². The maximum atomic E-state index is 13.6. The number of nitrogens with zero attached hydrogens (tertiary/aromatic N) is 1. The van der Waals surface area contributed by atoms with Gasteiger partial charge in [0.1, 0.15) is 11.5 Å². The summed E-state index contributed by atoms with van der Waals surface area (Å²) in [6.45, 7) is 12.5. The van der Waals surface area contributed by atoms with Crippen LogP contribution in [0.4, 0.5) is 0 Å². The van der Waals surface area contributed by atoms with Crippen LogP contribution in [-0.4, -0.2) is 39.9 Å². The Hall–Kier alpha value is -4.39. The molecule has 1 aliphatic heterocycles. The van der Waals surface area contributed by atoms with Gasteiger partial charge in [-0.1, -0.05) is 84.0 Å². The molecule has 0 spiro atoms. The number of ketones is 1. The fraction of sp³-hybridized carbons (Fsp3) is 0.324. The fourth-order valence-corrected chi connectivity index (χ4v) is 5.01. The van der Waals surface area contributed by atoms with Gasteiger partial charge in [0, 0.05) is 6.54 Å². The van der Waals surface area contributed by atoms with Gasteiger partial charge in [-0.05, 0) is 57.3 Å². The molecule has 0 aromatic heterocycles. The second kappa shape index (κ2) is 10.9. The number of aliphatic hydroxyl groups excluding tert-OH is 1. The molecule has 1 fully saturated rings. The molecular formula is C34H37NO6. The third-order valence-corrected chi connectivity index (χ3v) is 7.51. The Morgan fingerprint density at radius 1 is 0.829 bits per heavy atom. The lowest BCUT2D eigenvalue weighted by molar-refractivity contribution is -0.140. The van der Waals surface area contributed by atoms with E-state index in [2.05, 4.69) is 20.8 Å². The van der Waals surface area contributed by atoms with E-state index in [0.29, 0.717) is 22.4 Å². The fourth-order valence-electron chi connectivity index (χ4n) is 5.01. The summed E-state index contributed by atoms with van der Waals surface area (Å²) in [5.41, 5.74) is 3.43. The van der Waals surface area contributed by atoms with Crippen molar-refractivity contribution in [2.24, 2.45) is 0 Å². The predicted molar refractivity (Wildman–Crippen MR) is 158 cm³/mol. The lowest BCUT2D eigenvalue weighted by Gasteiger charge is -2.27. The van der Waals surface area contributed by atoms with Crippen LogP contribution in [-0.2, 0) is 27.0 Å². The van der Waals surface area contributed by atoms with Crippen LogP contribution in [0.15, 0.2) is 72.3 Å². The van der Waals surface area contributed by atoms with Crippen molar-refractivity contribution in [3.63, 3.8) is 0 Å². The highest BCUT2D eigenvalue weighted by Crippen LogP contribution is 2.43. The maximum absolute atomic E-state index is 13.6. The Labute approximate surface area is 241 Å². The summed E-state index contributed by atoms with van der Waals surface area (Å²) in [6, 6.07) is 18.5. The van der Waals surface area contributed by atoms with Gasteiger partial charge in [0.05, 0.1) is 29.9 Å². The molecule has 0 bridgehead atoms. The molecule has 3 aromatic rings. The molecule has 0 aliphatic carbocycles. The third-order valence-electron chi connectivity index (χ3n) is 7.51. The third kappa shape index (κ3) is 5.89. The number of Topliss-reactive ketones (excluding diaryl/α,β-unsaturated/α-hetero) is 1. The molecule has 7 heteroatoms. The number of carbonyl (C=O) groups is 3. The van der Waals surface area contributed by atoms with E-state index in [1.165, 1.54) is 24.1 Å². The van der Waals surface area contributed by atoms with Gasteiger partial charge in [-0.25, -0.2) is 4.79 Å².